The molecule has 4 rings (SSSR count). The van der Waals surface area contributed by atoms with Crippen molar-refractivity contribution in [1.29, 1.82) is 0 Å². The molecule has 3 N–H and O–H groups in total. The number of methoxy groups -OCH3 is 1. The molecule has 0 aliphatic carbocycles. The van der Waals surface area contributed by atoms with Crippen molar-refractivity contribution in [2.75, 3.05) is 7.11 Å². The van der Waals surface area contributed by atoms with Crippen LogP contribution in [0.5, 0.6) is 5.75 Å². The highest BCUT2D eigenvalue weighted by Gasteiger charge is 2.23. The molecule has 0 bridgehead atoms. The van der Waals surface area contributed by atoms with E-state index < -0.39 is 5.97 Å². The van der Waals surface area contributed by atoms with Gasteiger partial charge in [-0.15, -0.1) is 0 Å². The van der Waals surface area contributed by atoms with Crippen LogP contribution in [0.4, 0.5) is 0 Å². The van der Waals surface area contributed by atoms with Gasteiger partial charge in [0.25, 0.3) is 0 Å². The number of carbonyl (C=O) groups is 1. The molecule has 0 amide bonds. The summed E-state index contributed by atoms with van der Waals surface area (Å²) in [4.78, 5) is 18.4. The zero-order valence-electron chi connectivity index (χ0n) is 15.2. The van der Waals surface area contributed by atoms with Crippen LogP contribution < -0.4 is 4.74 Å². The quantitative estimate of drug-likeness (QED) is 0.463. The Morgan fingerprint density at radius 2 is 1.89 bits per heavy atom. The summed E-state index contributed by atoms with van der Waals surface area (Å²) in [6.07, 6.45) is 2.60. The first-order valence-corrected chi connectivity index (χ1v) is 8.83. The summed E-state index contributed by atoms with van der Waals surface area (Å²) in [5.41, 5.74) is 5.65. The zero-order valence-corrected chi connectivity index (χ0v) is 15.2. The minimum atomic E-state index is -0.969. The average molecular weight is 360 g/mol. The lowest BCUT2D eigenvalue weighted by molar-refractivity contribution is 0.0692. The second kappa shape index (κ2) is 6.68. The van der Waals surface area contributed by atoms with Crippen LogP contribution in [0.1, 0.15) is 23.0 Å². The normalized spacial score (nSPS) is 11.0. The lowest BCUT2D eigenvalue weighted by Gasteiger charge is -2.08. The molecule has 0 unspecified atom stereocenters. The average Bonchev–Trinajstić information content (AvgIpc) is 3.32. The Morgan fingerprint density at radius 1 is 1.11 bits per heavy atom. The van der Waals surface area contributed by atoms with E-state index in [0.717, 1.165) is 44.6 Å². The number of carboxylic acids is 1. The number of nitrogens with one attached hydrogen (secondary N) is 2. The summed E-state index contributed by atoms with van der Waals surface area (Å²) in [5, 5.41) is 10.9. The molecule has 0 atom stereocenters. The predicted molar refractivity (Wildman–Crippen MR) is 106 cm³/mol. The molecular weight excluding hydrogens is 340 g/mol. The number of carboxylic acid groups (broad SMARTS) is 1. The van der Waals surface area contributed by atoms with Gasteiger partial charge in [-0.2, -0.15) is 0 Å². The van der Waals surface area contributed by atoms with Gasteiger partial charge in [0.15, 0.2) is 0 Å². The molecule has 5 nitrogen and oxygen atoms in total. The van der Waals surface area contributed by atoms with Crippen molar-refractivity contribution >= 4 is 16.9 Å². The fourth-order valence-corrected chi connectivity index (χ4v) is 3.66. The van der Waals surface area contributed by atoms with Crippen LogP contribution in [0.25, 0.3) is 33.3 Å². The Balaban J connectivity index is 1.99. The Morgan fingerprint density at radius 3 is 2.56 bits per heavy atom. The number of rotatable bonds is 5. The Kier molecular flexibility index (Phi) is 4.20. The summed E-state index contributed by atoms with van der Waals surface area (Å²) < 4.78 is 5.23. The molecule has 27 heavy (non-hydrogen) atoms. The molecule has 2 aromatic carbocycles. The number of ether oxygens (including phenoxy) is 1. The van der Waals surface area contributed by atoms with Crippen molar-refractivity contribution < 1.29 is 14.6 Å². The highest BCUT2D eigenvalue weighted by molar-refractivity contribution is 6.02. The first-order valence-electron chi connectivity index (χ1n) is 8.83. The van der Waals surface area contributed by atoms with Crippen LogP contribution in [-0.2, 0) is 6.42 Å². The van der Waals surface area contributed by atoms with Gasteiger partial charge in [0.2, 0.25) is 0 Å². The van der Waals surface area contributed by atoms with Crippen LogP contribution in [0.15, 0.2) is 54.7 Å². The van der Waals surface area contributed by atoms with Crippen LogP contribution >= 0.6 is 0 Å². The van der Waals surface area contributed by atoms with E-state index in [1.165, 1.54) is 0 Å². The first kappa shape index (κ1) is 17.0. The molecule has 2 heterocycles. The molecule has 0 fully saturated rings. The van der Waals surface area contributed by atoms with Gasteiger partial charge in [-0.05, 0) is 41.8 Å². The van der Waals surface area contributed by atoms with Gasteiger partial charge in [0.1, 0.15) is 11.4 Å². The third-order valence-electron chi connectivity index (χ3n) is 4.91. The Bertz CT molecular complexity index is 1120. The smallest absolute Gasteiger partial charge is 0.352 e. The van der Waals surface area contributed by atoms with Crippen LogP contribution in [0.2, 0.25) is 0 Å². The second-order valence-corrected chi connectivity index (χ2v) is 6.36. The zero-order chi connectivity index (χ0) is 19.0. The first-order chi connectivity index (χ1) is 13.1. The molecule has 0 aliphatic heterocycles. The van der Waals surface area contributed by atoms with E-state index in [0.29, 0.717) is 6.42 Å². The number of H-pyrrole nitrogens is 2. The maximum atomic E-state index is 12.0. The van der Waals surface area contributed by atoms with Crippen LogP contribution in [0.3, 0.4) is 0 Å². The largest absolute Gasteiger partial charge is 0.497 e. The number of benzene rings is 2. The van der Waals surface area contributed by atoms with E-state index in [-0.39, 0.29) is 5.69 Å². The van der Waals surface area contributed by atoms with Crippen molar-refractivity contribution in [3.8, 4) is 28.1 Å². The fraction of sp³-hybridized carbons (Fsp3) is 0.136. The number of fused-ring (bicyclic) bond motifs is 1. The summed E-state index contributed by atoms with van der Waals surface area (Å²) >= 11 is 0. The van der Waals surface area contributed by atoms with Crippen molar-refractivity contribution in [2.24, 2.45) is 0 Å². The lowest BCUT2D eigenvalue weighted by atomic mass is 9.95. The number of aromatic nitrogens is 2. The van der Waals surface area contributed by atoms with Gasteiger partial charge in [-0.3, -0.25) is 0 Å². The van der Waals surface area contributed by atoms with Gasteiger partial charge in [-0.1, -0.05) is 31.2 Å². The van der Waals surface area contributed by atoms with Crippen molar-refractivity contribution in [3.63, 3.8) is 0 Å². The van der Waals surface area contributed by atoms with Crippen molar-refractivity contribution in [3.05, 3.63) is 66.0 Å². The number of aromatic carboxylic acids is 1. The summed E-state index contributed by atoms with van der Waals surface area (Å²) in [5.74, 6) is -0.232. The molecule has 2 aromatic heterocycles. The summed E-state index contributed by atoms with van der Waals surface area (Å²) in [6, 6.07) is 15.5. The van der Waals surface area contributed by atoms with Crippen molar-refractivity contribution in [1.82, 2.24) is 9.97 Å². The number of hydrogen-bond donors (Lipinski definition) is 3. The molecule has 136 valence electrons. The van der Waals surface area contributed by atoms with Crippen LogP contribution in [0, 0.1) is 0 Å². The Hall–Kier alpha value is -3.47. The fourth-order valence-electron chi connectivity index (χ4n) is 3.66. The highest BCUT2D eigenvalue weighted by Crippen LogP contribution is 2.38. The van der Waals surface area contributed by atoms with E-state index in [1.54, 1.807) is 7.11 Å². The molecule has 0 radical (unpaired) electrons. The topological polar surface area (TPSA) is 78.1 Å². The van der Waals surface area contributed by atoms with E-state index in [2.05, 4.69) is 9.97 Å². The van der Waals surface area contributed by atoms with Gasteiger partial charge < -0.3 is 19.8 Å². The minimum absolute atomic E-state index is 0.208. The molecule has 0 spiro atoms. The lowest BCUT2D eigenvalue weighted by Crippen LogP contribution is -1.99. The predicted octanol–water partition coefficient (Wildman–Crippen LogP) is 5.10. The van der Waals surface area contributed by atoms with Crippen molar-refractivity contribution in [2.45, 2.75) is 13.3 Å². The maximum Gasteiger partial charge on any atom is 0.352 e. The van der Waals surface area contributed by atoms with E-state index >= 15 is 0 Å². The molecule has 4 aromatic rings. The second-order valence-electron chi connectivity index (χ2n) is 6.36. The van der Waals surface area contributed by atoms with E-state index in [9.17, 15) is 9.90 Å². The summed E-state index contributed by atoms with van der Waals surface area (Å²) in [6.45, 7) is 2.04. The third-order valence-corrected chi connectivity index (χ3v) is 4.91. The third kappa shape index (κ3) is 2.77. The molecule has 0 saturated heterocycles. The standard InChI is InChI=1S/C22H20N2O3/c1-3-15-19(13-7-9-14(27-2)10-8-13)21(22(25)26)24-20(15)17-5-4-6-18-16(17)11-12-23-18/h4-12,23-24H,3H2,1-2H3,(H,25,26). The molecule has 0 aliphatic rings. The van der Waals surface area contributed by atoms with Gasteiger partial charge in [0, 0.05) is 28.2 Å². The van der Waals surface area contributed by atoms with Gasteiger partial charge in [0.05, 0.1) is 12.8 Å². The number of hydrogen-bond acceptors (Lipinski definition) is 2. The number of aromatic amines is 2. The van der Waals surface area contributed by atoms with E-state index in [4.69, 9.17) is 4.74 Å². The van der Waals surface area contributed by atoms with Gasteiger partial charge in [-0.25, -0.2) is 4.79 Å². The maximum absolute atomic E-state index is 12.0. The minimum Gasteiger partial charge on any atom is -0.497 e. The monoisotopic (exact) mass is 360 g/mol. The van der Waals surface area contributed by atoms with E-state index in [1.807, 2.05) is 61.7 Å². The van der Waals surface area contributed by atoms with Gasteiger partial charge >= 0.3 is 5.97 Å². The molecule has 5 heteroatoms. The Labute approximate surface area is 156 Å². The van der Waals surface area contributed by atoms with Crippen LogP contribution in [-0.4, -0.2) is 28.2 Å². The molecule has 0 saturated carbocycles. The summed E-state index contributed by atoms with van der Waals surface area (Å²) in [7, 11) is 1.61. The SMILES string of the molecule is CCc1c(-c2cccc3[nH]ccc23)[nH]c(C(=O)O)c1-c1ccc(OC)cc1. The highest BCUT2D eigenvalue weighted by atomic mass is 16.5. The molecular formula is C22H20N2O3.